The fraction of sp³-hybridized carbons (Fsp3) is 0.419. The van der Waals surface area contributed by atoms with Gasteiger partial charge in [-0.15, -0.1) is 0 Å². The van der Waals surface area contributed by atoms with E-state index in [4.69, 9.17) is 4.74 Å². The number of hydrogen-bond acceptors (Lipinski definition) is 5. The van der Waals surface area contributed by atoms with Crippen molar-refractivity contribution in [2.75, 3.05) is 44.6 Å². The molecular formula is C31H41N5O2. The first-order valence-corrected chi connectivity index (χ1v) is 13.5. The number of anilines is 1. The predicted molar refractivity (Wildman–Crippen MR) is 156 cm³/mol. The number of hydrogen-bond donors (Lipinski definition) is 2. The molecule has 3 heterocycles. The molecule has 0 aliphatic carbocycles. The van der Waals surface area contributed by atoms with Crippen molar-refractivity contribution in [3.8, 4) is 0 Å². The highest BCUT2D eigenvalue weighted by atomic mass is 16.5. The summed E-state index contributed by atoms with van der Waals surface area (Å²) >= 11 is 0. The molecule has 0 bridgehead atoms. The molecule has 1 aromatic rings. The number of aliphatic imine (C=N–C) groups is 1. The molecule has 38 heavy (non-hydrogen) atoms. The van der Waals surface area contributed by atoms with Crippen LogP contribution in [0.5, 0.6) is 0 Å². The van der Waals surface area contributed by atoms with Gasteiger partial charge in [-0.05, 0) is 73.6 Å². The number of allylic oxidation sites excluding steroid dienone is 3. The van der Waals surface area contributed by atoms with Crippen LogP contribution in [0.4, 0.5) is 5.69 Å². The Morgan fingerprint density at radius 2 is 1.97 bits per heavy atom. The quantitative estimate of drug-likeness (QED) is 0.304. The first kappa shape index (κ1) is 27.3. The van der Waals surface area contributed by atoms with Crippen LogP contribution in [-0.4, -0.2) is 60.9 Å². The molecule has 3 aliphatic heterocycles. The number of rotatable bonds is 7. The van der Waals surface area contributed by atoms with Crippen molar-refractivity contribution in [3.05, 3.63) is 89.1 Å². The summed E-state index contributed by atoms with van der Waals surface area (Å²) in [5.74, 6) is 2.56. The Morgan fingerprint density at radius 3 is 2.61 bits per heavy atom. The van der Waals surface area contributed by atoms with Gasteiger partial charge in [-0.25, -0.2) is 4.99 Å². The summed E-state index contributed by atoms with van der Waals surface area (Å²) in [6.07, 6.45) is 5.17. The summed E-state index contributed by atoms with van der Waals surface area (Å²) < 4.78 is 5.74. The molecule has 0 radical (unpaired) electrons. The summed E-state index contributed by atoms with van der Waals surface area (Å²) in [6.45, 7) is 21.5. The zero-order chi connectivity index (χ0) is 27.2. The van der Waals surface area contributed by atoms with Crippen LogP contribution in [0, 0.1) is 5.92 Å². The summed E-state index contributed by atoms with van der Waals surface area (Å²) in [5.41, 5.74) is 7.49. The molecule has 0 saturated carbocycles. The summed E-state index contributed by atoms with van der Waals surface area (Å²) in [5, 5.41) is 6.81. The largest absolute Gasteiger partial charge is 0.494 e. The fourth-order valence-electron chi connectivity index (χ4n) is 5.14. The topological polar surface area (TPSA) is 69.2 Å². The lowest BCUT2D eigenvalue weighted by Crippen LogP contribution is -2.49. The van der Waals surface area contributed by atoms with Crippen molar-refractivity contribution in [2.45, 2.75) is 40.5 Å². The van der Waals surface area contributed by atoms with Gasteiger partial charge in [0.2, 0.25) is 5.91 Å². The summed E-state index contributed by atoms with van der Waals surface area (Å²) in [7, 11) is 0. The molecular weight excluding hydrogens is 474 g/mol. The Kier molecular flexibility index (Phi) is 8.77. The minimum atomic E-state index is 0.206. The third kappa shape index (κ3) is 6.57. The molecule has 0 atom stereocenters. The summed E-state index contributed by atoms with van der Waals surface area (Å²) in [6, 6.07) is 8.01. The highest BCUT2D eigenvalue weighted by Gasteiger charge is 2.26. The first-order chi connectivity index (χ1) is 18.2. The molecule has 0 unspecified atom stereocenters. The third-order valence-electron chi connectivity index (χ3n) is 7.32. The van der Waals surface area contributed by atoms with Gasteiger partial charge in [0.1, 0.15) is 18.2 Å². The van der Waals surface area contributed by atoms with Crippen LogP contribution >= 0.6 is 0 Å². The van der Waals surface area contributed by atoms with Crippen LogP contribution in [-0.2, 0) is 16.0 Å². The minimum absolute atomic E-state index is 0.206. The molecule has 1 amide bonds. The van der Waals surface area contributed by atoms with E-state index in [2.05, 4.69) is 47.5 Å². The average molecular weight is 516 g/mol. The maximum absolute atomic E-state index is 12.3. The van der Waals surface area contributed by atoms with Gasteiger partial charge in [0.05, 0.1) is 12.1 Å². The standard InChI is InChI=1S/C31H41N5O2/c1-7-29(23(4)31-24(5)38-15-13-32-31)35-14-12-27(22(3)20-35)17-33-25(6)34-28-10-8-26(9-11-28)16-30(37)36-18-21(2)19-36/h7-11,17,21,32H,1,3,12-16,18-20H2,2,4-6H3,(H,33,34)/b27-17-,29-23+. The van der Waals surface area contributed by atoms with E-state index in [1.807, 2.05) is 55.3 Å². The van der Waals surface area contributed by atoms with Crippen LogP contribution in [0.1, 0.15) is 39.7 Å². The van der Waals surface area contributed by atoms with Crippen molar-refractivity contribution in [2.24, 2.45) is 10.9 Å². The molecule has 4 rings (SSSR count). The Balaban J connectivity index is 1.33. The second-order valence-corrected chi connectivity index (χ2v) is 10.5. The third-order valence-corrected chi connectivity index (χ3v) is 7.32. The number of amidine groups is 1. The molecule has 2 saturated heterocycles. The van der Waals surface area contributed by atoms with Crippen molar-refractivity contribution in [1.29, 1.82) is 0 Å². The lowest BCUT2D eigenvalue weighted by Gasteiger charge is -2.37. The first-order valence-electron chi connectivity index (χ1n) is 13.5. The molecule has 7 nitrogen and oxygen atoms in total. The minimum Gasteiger partial charge on any atom is -0.494 e. The fourth-order valence-corrected chi connectivity index (χ4v) is 5.14. The zero-order valence-corrected chi connectivity index (χ0v) is 23.3. The van der Waals surface area contributed by atoms with Crippen molar-refractivity contribution < 1.29 is 9.53 Å². The van der Waals surface area contributed by atoms with E-state index >= 15 is 0 Å². The molecule has 1 aromatic carbocycles. The number of carbonyl (C=O) groups excluding carboxylic acids is 1. The number of amides is 1. The molecule has 202 valence electrons. The predicted octanol–water partition coefficient (Wildman–Crippen LogP) is 4.99. The zero-order valence-electron chi connectivity index (χ0n) is 23.3. The lowest BCUT2D eigenvalue weighted by atomic mass is 9.98. The second kappa shape index (κ2) is 12.2. The van der Waals surface area contributed by atoms with E-state index in [9.17, 15) is 4.79 Å². The van der Waals surface area contributed by atoms with E-state index in [0.717, 1.165) is 90.1 Å². The Labute approximate surface area is 227 Å². The molecule has 2 fully saturated rings. The molecule has 0 aromatic heterocycles. The highest BCUT2D eigenvalue weighted by molar-refractivity contribution is 5.94. The van der Waals surface area contributed by atoms with Crippen molar-refractivity contribution >= 4 is 17.4 Å². The van der Waals surface area contributed by atoms with Gasteiger partial charge in [-0.3, -0.25) is 4.79 Å². The van der Waals surface area contributed by atoms with Crippen LogP contribution in [0.25, 0.3) is 0 Å². The van der Waals surface area contributed by atoms with E-state index in [1.54, 1.807) is 0 Å². The van der Waals surface area contributed by atoms with Gasteiger partial charge < -0.3 is 25.2 Å². The molecule has 7 heteroatoms. The molecule has 0 spiro atoms. The number of piperidine rings is 1. The summed E-state index contributed by atoms with van der Waals surface area (Å²) in [4.78, 5) is 21.2. The van der Waals surface area contributed by atoms with Gasteiger partial charge >= 0.3 is 0 Å². The van der Waals surface area contributed by atoms with Crippen LogP contribution < -0.4 is 10.6 Å². The van der Waals surface area contributed by atoms with Gasteiger partial charge in [0, 0.05) is 50.3 Å². The Hall–Kier alpha value is -3.74. The Bertz CT molecular complexity index is 1200. The maximum atomic E-state index is 12.3. The Morgan fingerprint density at radius 1 is 1.24 bits per heavy atom. The monoisotopic (exact) mass is 515 g/mol. The maximum Gasteiger partial charge on any atom is 0.227 e. The SMILES string of the molecule is C=C/C(=C(/C)C1=C(C)OCCN1)N1CC/C(=C/N=C(C)Nc2ccc(CC(=O)N3CC(C)C3)cc2)C(=C)C1. The van der Waals surface area contributed by atoms with Gasteiger partial charge in [0.15, 0.2) is 0 Å². The number of ether oxygens (including phenoxy) is 1. The van der Waals surface area contributed by atoms with E-state index in [0.29, 0.717) is 18.9 Å². The second-order valence-electron chi connectivity index (χ2n) is 10.5. The smallest absolute Gasteiger partial charge is 0.227 e. The van der Waals surface area contributed by atoms with Crippen molar-refractivity contribution in [1.82, 2.24) is 15.1 Å². The van der Waals surface area contributed by atoms with Gasteiger partial charge in [-0.2, -0.15) is 0 Å². The van der Waals surface area contributed by atoms with E-state index in [1.165, 1.54) is 0 Å². The lowest BCUT2D eigenvalue weighted by molar-refractivity contribution is -0.136. The number of nitrogens with zero attached hydrogens (tertiary/aromatic N) is 3. The normalized spacial score (nSPS) is 20.5. The molecule has 3 aliphatic rings. The number of carbonyl (C=O) groups is 1. The van der Waals surface area contributed by atoms with Crippen molar-refractivity contribution in [3.63, 3.8) is 0 Å². The van der Waals surface area contributed by atoms with Crippen LogP contribution in [0.3, 0.4) is 0 Å². The van der Waals surface area contributed by atoms with Gasteiger partial charge in [-0.1, -0.05) is 32.2 Å². The van der Waals surface area contributed by atoms with Crippen LogP contribution in [0.2, 0.25) is 0 Å². The number of likely N-dealkylation sites (tertiary alicyclic amines) is 2. The number of benzene rings is 1. The van der Waals surface area contributed by atoms with Gasteiger partial charge in [0.25, 0.3) is 0 Å². The highest BCUT2D eigenvalue weighted by Crippen LogP contribution is 2.28. The number of nitrogens with one attached hydrogen (secondary N) is 2. The van der Waals surface area contributed by atoms with Crippen LogP contribution in [0.15, 0.2) is 88.6 Å². The molecule has 2 N–H and O–H groups in total. The van der Waals surface area contributed by atoms with E-state index in [-0.39, 0.29) is 5.91 Å². The average Bonchev–Trinajstić information content (AvgIpc) is 2.88. The van der Waals surface area contributed by atoms with E-state index < -0.39 is 0 Å².